The molecule has 0 radical (unpaired) electrons. The standard InChI is InChI=1S/C13H13N3O2/c1-18-11-5-6-15-12(8-11)16-13(17)9-3-2-4-10(14)7-9/h2-8H,14H2,1H3,(H,15,16,17). The van der Waals surface area contributed by atoms with Gasteiger partial charge in [0.2, 0.25) is 0 Å². The SMILES string of the molecule is COc1ccnc(NC(=O)c2cccc(N)c2)c1. The van der Waals surface area contributed by atoms with Gasteiger partial charge in [-0.05, 0) is 24.3 Å². The van der Waals surface area contributed by atoms with Gasteiger partial charge >= 0.3 is 0 Å². The molecular weight excluding hydrogens is 230 g/mol. The highest BCUT2D eigenvalue weighted by molar-refractivity contribution is 6.04. The van der Waals surface area contributed by atoms with Crippen molar-refractivity contribution >= 4 is 17.4 Å². The number of carbonyl (C=O) groups excluding carboxylic acids is 1. The lowest BCUT2D eigenvalue weighted by atomic mass is 10.2. The topological polar surface area (TPSA) is 77.2 Å². The van der Waals surface area contributed by atoms with Crippen LogP contribution in [0.2, 0.25) is 0 Å². The minimum atomic E-state index is -0.261. The molecule has 2 aromatic rings. The molecule has 0 aliphatic carbocycles. The summed E-state index contributed by atoms with van der Waals surface area (Å²) in [5.74, 6) is 0.803. The monoisotopic (exact) mass is 243 g/mol. The van der Waals surface area contributed by atoms with Gasteiger partial charge in [0.15, 0.2) is 0 Å². The number of carbonyl (C=O) groups is 1. The number of methoxy groups -OCH3 is 1. The molecule has 5 heteroatoms. The molecule has 2 rings (SSSR count). The first-order chi connectivity index (χ1) is 8.69. The molecule has 0 bridgehead atoms. The van der Waals surface area contributed by atoms with Gasteiger partial charge in [-0.25, -0.2) is 4.98 Å². The third-order valence-electron chi connectivity index (χ3n) is 2.36. The van der Waals surface area contributed by atoms with Crippen LogP contribution in [-0.4, -0.2) is 18.0 Å². The van der Waals surface area contributed by atoms with Gasteiger partial charge in [0, 0.05) is 23.5 Å². The quantitative estimate of drug-likeness (QED) is 0.807. The molecule has 0 saturated heterocycles. The third-order valence-corrected chi connectivity index (χ3v) is 2.36. The van der Waals surface area contributed by atoms with Crippen LogP contribution in [0.4, 0.5) is 11.5 Å². The fourth-order valence-corrected chi connectivity index (χ4v) is 1.47. The van der Waals surface area contributed by atoms with E-state index in [0.29, 0.717) is 22.8 Å². The fourth-order valence-electron chi connectivity index (χ4n) is 1.47. The summed E-state index contributed by atoms with van der Waals surface area (Å²) in [6.45, 7) is 0. The second-order valence-electron chi connectivity index (χ2n) is 3.66. The molecule has 92 valence electrons. The largest absolute Gasteiger partial charge is 0.497 e. The van der Waals surface area contributed by atoms with E-state index >= 15 is 0 Å². The van der Waals surface area contributed by atoms with E-state index in [1.807, 2.05) is 0 Å². The highest BCUT2D eigenvalue weighted by Gasteiger charge is 2.07. The van der Waals surface area contributed by atoms with Crippen molar-refractivity contribution in [3.05, 3.63) is 48.2 Å². The van der Waals surface area contributed by atoms with Gasteiger partial charge < -0.3 is 15.8 Å². The van der Waals surface area contributed by atoms with Crippen LogP contribution in [0.15, 0.2) is 42.6 Å². The molecule has 0 aliphatic rings. The zero-order valence-corrected chi connectivity index (χ0v) is 9.88. The van der Waals surface area contributed by atoms with Crippen molar-refractivity contribution in [2.24, 2.45) is 0 Å². The number of hydrogen-bond acceptors (Lipinski definition) is 4. The Bertz CT molecular complexity index is 570. The van der Waals surface area contributed by atoms with Crippen LogP contribution in [0.1, 0.15) is 10.4 Å². The summed E-state index contributed by atoms with van der Waals surface area (Å²) in [5, 5.41) is 2.67. The van der Waals surface area contributed by atoms with Gasteiger partial charge in [0.25, 0.3) is 5.91 Å². The summed E-state index contributed by atoms with van der Waals surface area (Å²) in [4.78, 5) is 16.0. The zero-order chi connectivity index (χ0) is 13.0. The maximum atomic E-state index is 11.9. The number of hydrogen-bond donors (Lipinski definition) is 2. The number of nitrogen functional groups attached to an aromatic ring is 1. The highest BCUT2D eigenvalue weighted by atomic mass is 16.5. The van der Waals surface area contributed by atoms with Gasteiger partial charge in [-0.3, -0.25) is 4.79 Å². The molecule has 5 nitrogen and oxygen atoms in total. The molecule has 18 heavy (non-hydrogen) atoms. The Morgan fingerprint density at radius 3 is 2.89 bits per heavy atom. The Hall–Kier alpha value is -2.56. The van der Waals surface area contributed by atoms with E-state index in [4.69, 9.17) is 10.5 Å². The van der Waals surface area contributed by atoms with Crippen molar-refractivity contribution in [3.63, 3.8) is 0 Å². The van der Waals surface area contributed by atoms with Gasteiger partial charge in [-0.2, -0.15) is 0 Å². The molecule has 1 heterocycles. The van der Waals surface area contributed by atoms with Crippen LogP contribution < -0.4 is 15.8 Å². The van der Waals surface area contributed by atoms with Crippen LogP contribution in [-0.2, 0) is 0 Å². The van der Waals surface area contributed by atoms with Gasteiger partial charge in [-0.15, -0.1) is 0 Å². The normalized spacial score (nSPS) is 9.83. The average molecular weight is 243 g/mol. The molecule has 0 spiro atoms. The summed E-state index contributed by atoms with van der Waals surface area (Å²) in [7, 11) is 1.55. The van der Waals surface area contributed by atoms with Crippen molar-refractivity contribution in [1.82, 2.24) is 4.98 Å². The van der Waals surface area contributed by atoms with Crippen LogP contribution in [0.5, 0.6) is 5.75 Å². The van der Waals surface area contributed by atoms with Crippen molar-refractivity contribution in [2.75, 3.05) is 18.2 Å². The summed E-state index contributed by atoms with van der Waals surface area (Å²) in [6, 6.07) is 10.1. The maximum Gasteiger partial charge on any atom is 0.256 e. The van der Waals surface area contributed by atoms with Crippen LogP contribution >= 0.6 is 0 Å². The first kappa shape index (κ1) is 11.9. The summed E-state index contributed by atoms with van der Waals surface area (Å²) in [6.07, 6.45) is 1.56. The van der Waals surface area contributed by atoms with E-state index < -0.39 is 0 Å². The number of pyridine rings is 1. The van der Waals surface area contributed by atoms with Crippen molar-refractivity contribution < 1.29 is 9.53 Å². The van der Waals surface area contributed by atoms with E-state index in [0.717, 1.165) is 0 Å². The lowest BCUT2D eigenvalue weighted by Gasteiger charge is -2.06. The van der Waals surface area contributed by atoms with Gasteiger partial charge in [-0.1, -0.05) is 6.07 Å². The third kappa shape index (κ3) is 2.76. The molecule has 1 amide bonds. The number of ether oxygens (including phenoxy) is 1. The predicted molar refractivity (Wildman–Crippen MR) is 69.6 cm³/mol. The first-order valence-corrected chi connectivity index (χ1v) is 5.36. The number of aromatic nitrogens is 1. The van der Waals surface area contributed by atoms with E-state index in [-0.39, 0.29) is 5.91 Å². The Morgan fingerprint density at radius 2 is 2.17 bits per heavy atom. The Morgan fingerprint density at radius 1 is 1.33 bits per heavy atom. The van der Waals surface area contributed by atoms with Gasteiger partial charge in [0.1, 0.15) is 11.6 Å². The molecular formula is C13H13N3O2. The summed E-state index contributed by atoms with van der Waals surface area (Å²) in [5.41, 5.74) is 6.65. The van der Waals surface area contributed by atoms with Crippen molar-refractivity contribution in [2.45, 2.75) is 0 Å². The second kappa shape index (κ2) is 5.18. The molecule has 0 atom stereocenters. The zero-order valence-electron chi connectivity index (χ0n) is 9.88. The number of nitrogens with zero attached hydrogens (tertiary/aromatic N) is 1. The highest BCUT2D eigenvalue weighted by Crippen LogP contribution is 2.15. The molecule has 0 fully saturated rings. The number of amides is 1. The molecule has 3 N–H and O–H groups in total. The van der Waals surface area contributed by atoms with Crippen LogP contribution in [0, 0.1) is 0 Å². The number of benzene rings is 1. The van der Waals surface area contributed by atoms with Gasteiger partial charge in [0.05, 0.1) is 7.11 Å². The number of nitrogens with two attached hydrogens (primary N) is 1. The van der Waals surface area contributed by atoms with E-state index in [2.05, 4.69) is 10.3 Å². The van der Waals surface area contributed by atoms with Crippen LogP contribution in [0.25, 0.3) is 0 Å². The maximum absolute atomic E-state index is 11.9. The smallest absolute Gasteiger partial charge is 0.256 e. The first-order valence-electron chi connectivity index (χ1n) is 5.36. The number of anilines is 2. The minimum Gasteiger partial charge on any atom is -0.497 e. The fraction of sp³-hybridized carbons (Fsp3) is 0.0769. The Kier molecular flexibility index (Phi) is 3.43. The van der Waals surface area contributed by atoms with E-state index in [9.17, 15) is 4.79 Å². The molecule has 0 saturated carbocycles. The molecule has 0 aliphatic heterocycles. The second-order valence-corrected chi connectivity index (χ2v) is 3.66. The van der Waals surface area contributed by atoms with Crippen LogP contribution in [0.3, 0.4) is 0 Å². The van der Waals surface area contributed by atoms with Crippen molar-refractivity contribution in [3.8, 4) is 5.75 Å². The summed E-state index contributed by atoms with van der Waals surface area (Å²) >= 11 is 0. The summed E-state index contributed by atoms with van der Waals surface area (Å²) < 4.78 is 5.05. The Balaban J connectivity index is 2.16. The average Bonchev–Trinajstić information content (AvgIpc) is 2.39. The predicted octanol–water partition coefficient (Wildman–Crippen LogP) is 1.92. The minimum absolute atomic E-state index is 0.261. The molecule has 0 unspecified atom stereocenters. The Labute approximate surface area is 105 Å². The van der Waals surface area contributed by atoms with E-state index in [1.165, 1.54) is 0 Å². The number of nitrogens with one attached hydrogen (secondary N) is 1. The lowest BCUT2D eigenvalue weighted by molar-refractivity contribution is 0.102. The number of rotatable bonds is 3. The molecule has 1 aromatic heterocycles. The van der Waals surface area contributed by atoms with Crippen molar-refractivity contribution in [1.29, 1.82) is 0 Å². The lowest BCUT2D eigenvalue weighted by Crippen LogP contribution is -2.13. The van der Waals surface area contributed by atoms with E-state index in [1.54, 1.807) is 49.7 Å². The molecule has 1 aromatic carbocycles.